The van der Waals surface area contributed by atoms with Gasteiger partial charge in [-0.2, -0.15) is 0 Å². The van der Waals surface area contributed by atoms with Gasteiger partial charge in [-0.05, 0) is 54.8 Å². The van der Waals surface area contributed by atoms with Crippen molar-refractivity contribution in [3.8, 4) is 5.75 Å². The lowest BCUT2D eigenvalue weighted by atomic mass is 10.0. The maximum Gasteiger partial charge on any atom is 0.251 e. The van der Waals surface area contributed by atoms with Crippen molar-refractivity contribution < 1.29 is 14.3 Å². The van der Waals surface area contributed by atoms with Gasteiger partial charge in [0.15, 0.2) is 11.0 Å². The van der Waals surface area contributed by atoms with E-state index in [0.717, 1.165) is 5.56 Å². The number of nitrogens with one attached hydrogen (secondary N) is 2. The van der Waals surface area contributed by atoms with Gasteiger partial charge in [0.25, 0.3) is 5.91 Å². The highest BCUT2D eigenvalue weighted by Crippen LogP contribution is 2.25. The summed E-state index contributed by atoms with van der Waals surface area (Å²) in [6.07, 6.45) is 0. The Kier molecular flexibility index (Phi) is 8.57. The first-order chi connectivity index (χ1) is 16.2. The molecule has 1 atom stereocenters. The summed E-state index contributed by atoms with van der Waals surface area (Å²) in [6, 6.07) is 11.9. The number of aromatic nitrogens is 3. The maximum absolute atomic E-state index is 12.8. The van der Waals surface area contributed by atoms with Gasteiger partial charge >= 0.3 is 0 Å². The van der Waals surface area contributed by atoms with Crippen LogP contribution in [-0.4, -0.2) is 39.4 Å². The van der Waals surface area contributed by atoms with E-state index in [-0.39, 0.29) is 29.5 Å². The van der Waals surface area contributed by atoms with E-state index in [1.807, 2.05) is 38.5 Å². The number of ether oxygens (including phenoxy) is 1. The first-order valence-electron chi connectivity index (χ1n) is 10.7. The van der Waals surface area contributed by atoms with Crippen molar-refractivity contribution in [2.75, 3.05) is 18.2 Å². The molecule has 10 heteroatoms. The standard InChI is InChI=1S/C24H28ClN5O3S/c1-14(2)21(27-23(32)16-7-10-18(33-5)11-8-16)22-28-29-24(30(22)4)34-13-20(31)26-19-12-17(25)9-6-15(19)3/h6-12,14,21H,13H2,1-5H3,(H,26,31)(H,27,32)/t21-/m0/s1. The van der Waals surface area contributed by atoms with Crippen molar-refractivity contribution in [1.82, 2.24) is 20.1 Å². The Bertz CT molecular complexity index is 1160. The minimum atomic E-state index is -0.357. The summed E-state index contributed by atoms with van der Waals surface area (Å²) in [5.41, 5.74) is 2.13. The normalized spacial score (nSPS) is 11.9. The van der Waals surface area contributed by atoms with Crippen molar-refractivity contribution in [2.24, 2.45) is 13.0 Å². The summed E-state index contributed by atoms with van der Waals surface area (Å²) >= 11 is 7.30. The number of nitrogens with zero attached hydrogens (tertiary/aromatic N) is 3. The van der Waals surface area contributed by atoms with Crippen molar-refractivity contribution >= 4 is 40.9 Å². The Hall–Kier alpha value is -3.04. The summed E-state index contributed by atoms with van der Waals surface area (Å²) in [5, 5.41) is 15.6. The topological polar surface area (TPSA) is 98.1 Å². The lowest BCUT2D eigenvalue weighted by Gasteiger charge is -2.21. The molecule has 0 bridgehead atoms. The number of thioether (sulfide) groups is 1. The van der Waals surface area contributed by atoms with Crippen LogP contribution >= 0.6 is 23.4 Å². The van der Waals surface area contributed by atoms with Gasteiger partial charge in [0.1, 0.15) is 5.75 Å². The minimum Gasteiger partial charge on any atom is -0.497 e. The third kappa shape index (κ3) is 6.30. The molecule has 2 amide bonds. The molecule has 0 unspecified atom stereocenters. The molecular formula is C24H28ClN5O3S. The number of methoxy groups -OCH3 is 1. The molecule has 1 aromatic heterocycles. The fourth-order valence-electron chi connectivity index (χ4n) is 3.26. The fourth-order valence-corrected chi connectivity index (χ4v) is 4.15. The summed E-state index contributed by atoms with van der Waals surface area (Å²) < 4.78 is 6.96. The molecule has 0 saturated carbocycles. The van der Waals surface area contributed by atoms with Crippen LogP contribution in [0.5, 0.6) is 5.75 Å². The predicted molar refractivity (Wildman–Crippen MR) is 135 cm³/mol. The van der Waals surface area contributed by atoms with E-state index < -0.39 is 0 Å². The molecule has 2 aromatic carbocycles. The molecule has 0 aliphatic heterocycles. The van der Waals surface area contributed by atoms with Crippen LogP contribution in [-0.2, 0) is 11.8 Å². The van der Waals surface area contributed by atoms with Crippen molar-refractivity contribution in [3.05, 3.63) is 64.4 Å². The quantitative estimate of drug-likeness (QED) is 0.414. The second-order valence-corrected chi connectivity index (χ2v) is 9.50. The fraction of sp³-hybridized carbons (Fsp3) is 0.333. The van der Waals surface area contributed by atoms with E-state index in [0.29, 0.717) is 33.0 Å². The van der Waals surface area contributed by atoms with E-state index in [1.54, 1.807) is 43.5 Å². The van der Waals surface area contributed by atoms with E-state index in [9.17, 15) is 9.59 Å². The highest BCUT2D eigenvalue weighted by Gasteiger charge is 2.25. The molecule has 3 rings (SSSR count). The summed E-state index contributed by atoms with van der Waals surface area (Å²) in [5.74, 6) is 1.13. The second kappa shape index (κ2) is 11.4. The second-order valence-electron chi connectivity index (χ2n) is 8.12. The van der Waals surface area contributed by atoms with Crippen LogP contribution in [0.2, 0.25) is 5.02 Å². The predicted octanol–water partition coefficient (Wildman–Crippen LogP) is 4.64. The van der Waals surface area contributed by atoms with Gasteiger partial charge < -0.3 is 19.9 Å². The van der Waals surface area contributed by atoms with E-state index in [4.69, 9.17) is 16.3 Å². The Morgan fingerprint density at radius 2 is 1.85 bits per heavy atom. The molecular weight excluding hydrogens is 474 g/mol. The lowest BCUT2D eigenvalue weighted by Crippen LogP contribution is -2.33. The van der Waals surface area contributed by atoms with E-state index in [1.165, 1.54) is 11.8 Å². The molecule has 0 aliphatic rings. The van der Waals surface area contributed by atoms with Crippen molar-refractivity contribution in [2.45, 2.75) is 32.0 Å². The molecule has 3 aromatic rings. The van der Waals surface area contributed by atoms with Crippen LogP contribution in [0.15, 0.2) is 47.6 Å². The highest BCUT2D eigenvalue weighted by molar-refractivity contribution is 7.99. The van der Waals surface area contributed by atoms with Crippen molar-refractivity contribution in [1.29, 1.82) is 0 Å². The minimum absolute atomic E-state index is 0.0667. The molecule has 8 nitrogen and oxygen atoms in total. The Morgan fingerprint density at radius 1 is 1.15 bits per heavy atom. The molecule has 0 aliphatic carbocycles. The zero-order valence-corrected chi connectivity index (χ0v) is 21.3. The summed E-state index contributed by atoms with van der Waals surface area (Å²) in [6.45, 7) is 5.91. The third-order valence-corrected chi connectivity index (χ3v) is 6.51. The number of amides is 2. The number of hydrogen-bond donors (Lipinski definition) is 2. The summed E-state index contributed by atoms with van der Waals surface area (Å²) in [7, 11) is 3.40. The molecule has 0 radical (unpaired) electrons. The largest absolute Gasteiger partial charge is 0.497 e. The Labute approximate surface area is 208 Å². The molecule has 0 spiro atoms. The summed E-state index contributed by atoms with van der Waals surface area (Å²) in [4.78, 5) is 25.3. The molecule has 0 fully saturated rings. The van der Waals surface area contributed by atoms with Crippen LogP contribution < -0.4 is 15.4 Å². The first kappa shape index (κ1) is 25.6. The monoisotopic (exact) mass is 501 g/mol. The smallest absolute Gasteiger partial charge is 0.251 e. The first-order valence-corrected chi connectivity index (χ1v) is 12.1. The third-order valence-electron chi connectivity index (χ3n) is 5.26. The van der Waals surface area contributed by atoms with Crippen LogP contribution in [0.3, 0.4) is 0 Å². The van der Waals surface area contributed by atoms with Gasteiger partial charge in [0, 0.05) is 23.3 Å². The molecule has 34 heavy (non-hydrogen) atoms. The average molecular weight is 502 g/mol. The zero-order chi connectivity index (χ0) is 24.8. The van der Waals surface area contributed by atoms with Crippen LogP contribution in [0.4, 0.5) is 5.69 Å². The Balaban J connectivity index is 1.66. The lowest BCUT2D eigenvalue weighted by molar-refractivity contribution is -0.113. The van der Waals surface area contributed by atoms with Gasteiger partial charge in [-0.15, -0.1) is 10.2 Å². The number of hydrogen-bond acceptors (Lipinski definition) is 6. The molecule has 0 saturated heterocycles. The number of rotatable bonds is 9. The van der Waals surface area contributed by atoms with Gasteiger partial charge in [-0.25, -0.2) is 0 Å². The van der Waals surface area contributed by atoms with Gasteiger partial charge in [-0.1, -0.05) is 43.3 Å². The molecule has 2 N–H and O–H groups in total. The molecule has 1 heterocycles. The van der Waals surface area contributed by atoms with Crippen molar-refractivity contribution in [3.63, 3.8) is 0 Å². The average Bonchev–Trinajstić information content (AvgIpc) is 3.18. The highest BCUT2D eigenvalue weighted by atomic mass is 35.5. The number of anilines is 1. The maximum atomic E-state index is 12.8. The van der Waals surface area contributed by atoms with Crippen LogP contribution in [0, 0.1) is 12.8 Å². The number of halogens is 1. The number of carbonyl (C=O) groups excluding carboxylic acids is 2. The van der Waals surface area contributed by atoms with Gasteiger partial charge in [0.05, 0.1) is 18.9 Å². The Morgan fingerprint density at radius 3 is 2.50 bits per heavy atom. The van der Waals surface area contributed by atoms with Crippen LogP contribution in [0.25, 0.3) is 0 Å². The molecule has 180 valence electrons. The SMILES string of the molecule is COc1ccc(C(=O)N[C@H](c2nnc(SCC(=O)Nc3cc(Cl)ccc3C)n2C)C(C)C)cc1. The van der Waals surface area contributed by atoms with Gasteiger partial charge in [-0.3, -0.25) is 9.59 Å². The van der Waals surface area contributed by atoms with E-state index in [2.05, 4.69) is 20.8 Å². The number of benzene rings is 2. The number of aryl methyl sites for hydroxylation is 1. The van der Waals surface area contributed by atoms with Crippen LogP contribution in [0.1, 0.15) is 41.6 Å². The van der Waals surface area contributed by atoms with E-state index >= 15 is 0 Å². The number of carbonyl (C=O) groups is 2. The van der Waals surface area contributed by atoms with Gasteiger partial charge in [0.2, 0.25) is 5.91 Å². The zero-order valence-electron chi connectivity index (χ0n) is 19.8.